The number of hydrogen-bond donors (Lipinski definition) is 0. The topological polar surface area (TPSA) is 12.5 Å². The molecule has 2 saturated heterocycles. The average Bonchev–Trinajstić information content (AvgIpc) is 2.62. The molecule has 2 heteroatoms. The van der Waals surface area contributed by atoms with Crippen LogP contribution in [0.5, 0.6) is 0 Å². The molecule has 0 spiro atoms. The lowest BCUT2D eigenvalue weighted by atomic mass is 9.75. The van der Waals surface area contributed by atoms with Crippen molar-refractivity contribution in [3.8, 4) is 0 Å². The molecule has 2 nitrogen and oxygen atoms in total. The monoisotopic (exact) mass is 223 g/mol. The van der Waals surface area contributed by atoms with E-state index in [0.717, 1.165) is 13.0 Å². The van der Waals surface area contributed by atoms with E-state index in [2.05, 4.69) is 32.3 Å². The molecule has 0 aromatic carbocycles. The first-order valence-corrected chi connectivity index (χ1v) is 6.33. The van der Waals surface area contributed by atoms with E-state index >= 15 is 0 Å². The third kappa shape index (κ3) is 1.93. The van der Waals surface area contributed by atoms with Gasteiger partial charge >= 0.3 is 0 Å². The van der Waals surface area contributed by atoms with Gasteiger partial charge in [-0.1, -0.05) is 32.9 Å². The van der Waals surface area contributed by atoms with Gasteiger partial charge in [-0.15, -0.1) is 0 Å². The van der Waals surface area contributed by atoms with Crippen LogP contribution >= 0.6 is 0 Å². The third-order valence-electron chi connectivity index (χ3n) is 4.09. The summed E-state index contributed by atoms with van der Waals surface area (Å²) in [6, 6.07) is 0. The summed E-state index contributed by atoms with van der Waals surface area (Å²) in [6.07, 6.45) is 3.92. The fourth-order valence-corrected chi connectivity index (χ4v) is 3.51. The highest BCUT2D eigenvalue weighted by Crippen LogP contribution is 2.48. The van der Waals surface area contributed by atoms with Crippen molar-refractivity contribution in [1.82, 2.24) is 4.90 Å². The Labute approximate surface area is 99.7 Å². The highest BCUT2D eigenvalue weighted by molar-refractivity contribution is 5.27. The molecule has 0 radical (unpaired) electrons. The van der Waals surface area contributed by atoms with Crippen molar-refractivity contribution in [3.63, 3.8) is 0 Å². The van der Waals surface area contributed by atoms with Crippen LogP contribution in [0.25, 0.3) is 0 Å². The first kappa shape index (κ1) is 12.1. The number of ether oxygens (including phenoxy) is 1. The zero-order chi connectivity index (χ0) is 12.0. The molecule has 2 rings (SSSR count). The van der Waals surface area contributed by atoms with Gasteiger partial charge in [-0.3, -0.25) is 4.90 Å². The van der Waals surface area contributed by atoms with E-state index in [1.807, 2.05) is 7.11 Å². The van der Waals surface area contributed by atoms with Crippen molar-refractivity contribution in [2.24, 2.45) is 5.41 Å². The number of rotatable bonds is 2. The summed E-state index contributed by atoms with van der Waals surface area (Å²) in [6.45, 7) is 13.6. The Bertz CT molecular complexity index is 292. The lowest BCUT2D eigenvalue weighted by molar-refractivity contribution is 0.108. The maximum atomic E-state index is 5.55. The second-order valence-electron chi connectivity index (χ2n) is 6.63. The van der Waals surface area contributed by atoms with Crippen LogP contribution in [0, 0.1) is 5.41 Å². The molecular formula is C14H25NO. The van der Waals surface area contributed by atoms with Crippen LogP contribution in [0.2, 0.25) is 0 Å². The number of fused-ring (bicyclic) bond motifs is 1. The van der Waals surface area contributed by atoms with Crippen LogP contribution < -0.4 is 0 Å². The van der Waals surface area contributed by atoms with Crippen molar-refractivity contribution in [2.75, 3.05) is 20.2 Å². The van der Waals surface area contributed by atoms with Crippen LogP contribution in [0.4, 0.5) is 0 Å². The predicted molar refractivity (Wildman–Crippen MR) is 67.5 cm³/mol. The maximum absolute atomic E-state index is 5.55. The Balaban J connectivity index is 2.23. The van der Waals surface area contributed by atoms with Crippen molar-refractivity contribution in [1.29, 1.82) is 0 Å². The van der Waals surface area contributed by atoms with Crippen LogP contribution in [-0.2, 0) is 4.74 Å². The summed E-state index contributed by atoms with van der Waals surface area (Å²) >= 11 is 0. The first-order chi connectivity index (χ1) is 7.37. The minimum Gasteiger partial charge on any atom is -0.380 e. The lowest BCUT2D eigenvalue weighted by Gasteiger charge is -2.38. The summed E-state index contributed by atoms with van der Waals surface area (Å²) in [5.41, 5.74) is 2.02. The quantitative estimate of drug-likeness (QED) is 0.667. The second kappa shape index (κ2) is 3.85. The molecule has 0 unspecified atom stereocenters. The Morgan fingerprint density at radius 2 is 2.19 bits per heavy atom. The largest absolute Gasteiger partial charge is 0.380 e. The standard InChI is InChI=1S/C14H25NO/c1-11-6-7-15-9-12(16-5)8-14(11,15)10-13(2,3)4/h12H,1,6-10H2,2-5H3/t12-,14+/m0/s1. The van der Waals surface area contributed by atoms with Gasteiger partial charge in [0.2, 0.25) is 0 Å². The Hall–Kier alpha value is -0.340. The van der Waals surface area contributed by atoms with Gasteiger partial charge < -0.3 is 4.74 Å². The van der Waals surface area contributed by atoms with E-state index in [-0.39, 0.29) is 5.54 Å². The van der Waals surface area contributed by atoms with E-state index in [0.29, 0.717) is 11.5 Å². The van der Waals surface area contributed by atoms with Crippen molar-refractivity contribution < 1.29 is 4.74 Å². The van der Waals surface area contributed by atoms with Gasteiger partial charge in [0, 0.05) is 25.7 Å². The Morgan fingerprint density at radius 1 is 1.50 bits per heavy atom. The summed E-state index contributed by atoms with van der Waals surface area (Å²) in [5.74, 6) is 0. The zero-order valence-electron chi connectivity index (χ0n) is 11.2. The number of hydrogen-bond acceptors (Lipinski definition) is 2. The lowest BCUT2D eigenvalue weighted by Crippen LogP contribution is -2.42. The smallest absolute Gasteiger partial charge is 0.0719 e. The van der Waals surface area contributed by atoms with Crippen LogP contribution in [0.1, 0.15) is 40.0 Å². The Kier molecular flexibility index (Phi) is 2.92. The zero-order valence-corrected chi connectivity index (χ0v) is 11.2. The number of nitrogens with zero attached hydrogens (tertiary/aromatic N) is 1. The van der Waals surface area contributed by atoms with Crippen LogP contribution in [0.3, 0.4) is 0 Å². The van der Waals surface area contributed by atoms with Crippen LogP contribution in [0.15, 0.2) is 12.2 Å². The van der Waals surface area contributed by atoms with Gasteiger partial charge in [0.05, 0.1) is 6.10 Å². The number of methoxy groups -OCH3 is 1. The predicted octanol–water partition coefficient (Wildman–Crippen LogP) is 2.84. The highest BCUT2D eigenvalue weighted by atomic mass is 16.5. The molecule has 92 valence electrons. The van der Waals surface area contributed by atoms with Crippen molar-refractivity contribution >= 4 is 0 Å². The fraction of sp³-hybridized carbons (Fsp3) is 0.857. The molecule has 16 heavy (non-hydrogen) atoms. The third-order valence-corrected chi connectivity index (χ3v) is 4.09. The van der Waals surface area contributed by atoms with Gasteiger partial charge in [0.25, 0.3) is 0 Å². The van der Waals surface area contributed by atoms with E-state index in [1.54, 1.807) is 0 Å². The van der Waals surface area contributed by atoms with E-state index in [1.165, 1.54) is 25.0 Å². The normalized spacial score (nSPS) is 35.8. The van der Waals surface area contributed by atoms with Gasteiger partial charge in [-0.25, -0.2) is 0 Å². The van der Waals surface area contributed by atoms with E-state index in [4.69, 9.17) is 4.74 Å². The Morgan fingerprint density at radius 3 is 2.75 bits per heavy atom. The molecule has 2 aliphatic rings. The molecule has 2 fully saturated rings. The second-order valence-corrected chi connectivity index (χ2v) is 6.63. The highest BCUT2D eigenvalue weighted by Gasteiger charge is 2.52. The summed E-state index contributed by atoms with van der Waals surface area (Å²) in [4.78, 5) is 2.61. The minimum atomic E-state index is 0.235. The molecule has 2 atom stereocenters. The maximum Gasteiger partial charge on any atom is 0.0719 e. The summed E-state index contributed by atoms with van der Waals surface area (Å²) in [5, 5.41) is 0. The van der Waals surface area contributed by atoms with Gasteiger partial charge in [-0.2, -0.15) is 0 Å². The summed E-state index contributed by atoms with van der Waals surface area (Å²) < 4.78 is 5.55. The van der Waals surface area contributed by atoms with E-state index in [9.17, 15) is 0 Å². The van der Waals surface area contributed by atoms with Crippen molar-refractivity contribution in [3.05, 3.63) is 12.2 Å². The minimum absolute atomic E-state index is 0.235. The van der Waals surface area contributed by atoms with Gasteiger partial charge in [0.15, 0.2) is 0 Å². The van der Waals surface area contributed by atoms with Crippen LogP contribution in [-0.4, -0.2) is 36.7 Å². The molecule has 0 aromatic heterocycles. The van der Waals surface area contributed by atoms with Gasteiger partial charge in [0.1, 0.15) is 0 Å². The van der Waals surface area contributed by atoms with Gasteiger partial charge in [-0.05, 0) is 24.7 Å². The molecule has 2 heterocycles. The molecule has 0 bridgehead atoms. The molecular weight excluding hydrogens is 198 g/mol. The SMILES string of the molecule is C=C1CCN2C[C@@H](OC)C[C@@]12CC(C)(C)C. The summed E-state index contributed by atoms with van der Waals surface area (Å²) in [7, 11) is 1.83. The van der Waals surface area contributed by atoms with E-state index < -0.39 is 0 Å². The molecule has 0 N–H and O–H groups in total. The average molecular weight is 223 g/mol. The molecule has 2 aliphatic heterocycles. The molecule has 0 aromatic rings. The first-order valence-electron chi connectivity index (χ1n) is 6.33. The molecule has 0 amide bonds. The molecule has 0 aliphatic carbocycles. The fourth-order valence-electron chi connectivity index (χ4n) is 3.51. The van der Waals surface area contributed by atoms with Crippen molar-refractivity contribution in [2.45, 2.75) is 51.7 Å². The molecule has 0 saturated carbocycles.